The van der Waals surface area contributed by atoms with Gasteiger partial charge in [-0.3, -0.25) is 4.79 Å². The van der Waals surface area contributed by atoms with Crippen molar-refractivity contribution in [1.82, 2.24) is 15.1 Å². The van der Waals surface area contributed by atoms with Crippen LogP contribution in [0.2, 0.25) is 0 Å². The molecule has 0 aromatic carbocycles. The Labute approximate surface area is 126 Å². The van der Waals surface area contributed by atoms with Gasteiger partial charge in [0.15, 0.2) is 0 Å². The number of aromatic nitrogens is 2. The standard InChI is InChI=1S/C14H17N3O3S/c1-9(11-3-6-21-8-11)14(18)17-4-5-19-7-12(17)13-16-15-10(2)20-13/h3,6,8-9,12H,4-5,7H2,1-2H3/t9-,12+/m1/s1. The molecule has 1 saturated heterocycles. The van der Waals surface area contributed by atoms with E-state index >= 15 is 0 Å². The van der Waals surface area contributed by atoms with E-state index in [0.717, 1.165) is 5.56 Å². The first-order valence-corrected chi connectivity index (χ1v) is 7.81. The van der Waals surface area contributed by atoms with Crippen molar-refractivity contribution in [3.05, 3.63) is 34.2 Å². The molecule has 21 heavy (non-hydrogen) atoms. The van der Waals surface area contributed by atoms with Gasteiger partial charge in [0, 0.05) is 13.5 Å². The highest BCUT2D eigenvalue weighted by Gasteiger charge is 2.34. The Bertz CT molecular complexity index is 611. The minimum Gasteiger partial charge on any atom is -0.423 e. The first-order valence-electron chi connectivity index (χ1n) is 6.87. The summed E-state index contributed by atoms with van der Waals surface area (Å²) in [7, 11) is 0. The predicted molar refractivity (Wildman–Crippen MR) is 77.0 cm³/mol. The second kappa shape index (κ2) is 5.95. The first-order chi connectivity index (χ1) is 10.2. The molecule has 0 aliphatic carbocycles. The summed E-state index contributed by atoms with van der Waals surface area (Å²) in [5.74, 6) is 0.824. The third-order valence-electron chi connectivity index (χ3n) is 3.65. The summed E-state index contributed by atoms with van der Waals surface area (Å²) in [5.41, 5.74) is 1.04. The number of aryl methyl sites for hydroxylation is 1. The maximum absolute atomic E-state index is 12.8. The monoisotopic (exact) mass is 307 g/mol. The van der Waals surface area contributed by atoms with Crippen LogP contribution in [0.1, 0.15) is 36.2 Å². The zero-order chi connectivity index (χ0) is 14.8. The minimum atomic E-state index is -0.298. The lowest BCUT2D eigenvalue weighted by atomic mass is 10.0. The van der Waals surface area contributed by atoms with E-state index in [1.165, 1.54) is 0 Å². The van der Waals surface area contributed by atoms with Crippen LogP contribution in [-0.4, -0.2) is 40.8 Å². The molecular weight excluding hydrogens is 290 g/mol. The predicted octanol–water partition coefficient (Wildman–Crippen LogP) is 2.14. The van der Waals surface area contributed by atoms with Gasteiger partial charge in [0.2, 0.25) is 17.7 Å². The van der Waals surface area contributed by atoms with Crippen LogP contribution in [0, 0.1) is 6.92 Å². The molecule has 2 atom stereocenters. The maximum atomic E-state index is 12.8. The number of carbonyl (C=O) groups excluding carboxylic acids is 1. The van der Waals surface area contributed by atoms with Crippen LogP contribution in [0.25, 0.3) is 0 Å². The number of thiophene rings is 1. The summed E-state index contributed by atoms with van der Waals surface area (Å²) in [6.07, 6.45) is 0. The van der Waals surface area contributed by atoms with E-state index in [0.29, 0.717) is 31.5 Å². The summed E-state index contributed by atoms with van der Waals surface area (Å²) in [4.78, 5) is 14.6. The Kier molecular flexibility index (Phi) is 4.03. The number of nitrogens with zero attached hydrogens (tertiary/aromatic N) is 3. The molecule has 0 unspecified atom stereocenters. The van der Waals surface area contributed by atoms with Crippen LogP contribution in [-0.2, 0) is 9.53 Å². The molecule has 2 aromatic heterocycles. The first kappa shape index (κ1) is 14.2. The fraction of sp³-hybridized carbons (Fsp3) is 0.500. The molecule has 0 N–H and O–H groups in total. The van der Waals surface area contributed by atoms with Crippen LogP contribution in [0.15, 0.2) is 21.2 Å². The third kappa shape index (κ3) is 2.84. The van der Waals surface area contributed by atoms with E-state index in [-0.39, 0.29) is 17.9 Å². The normalized spacial score (nSPS) is 20.5. The van der Waals surface area contributed by atoms with Gasteiger partial charge < -0.3 is 14.1 Å². The van der Waals surface area contributed by atoms with E-state index in [4.69, 9.17) is 9.15 Å². The number of morpholine rings is 1. The molecule has 1 fully saturated rings. The van der Waals surface area contributed by atoms with E-state index in [9.17, 15) is 4.79 Å². The molecule has 1 aliphatic rings. The molecule has 1 amide bonds. The number of ether oxygens (including phenoxy) is 1. The Morgan fingerprint density at radius 2 is 2.38 bits per heavy atom. The molecule has 0 saturated carbocycles. The average Bonchev–Trinajstić information content (AvgIpc) is 3.17. The number of hydrogen-bond acceptors (Lipinski definition) is 6. The number of carbonyl (C=O) groups is 1. The Morgan fingerprint density at radius 3 is 3.05 bits per heavy atom. The summed E-state index contributed by atoms with van der Waals surface area (Å²) < 4.78 is 11.0. The van der Waals surface area contributed by atoms with E-state index in [1.54, 1.807) is 23.2 Å². The maximum Gasteiger partial charge on any atom is 0.241 e. The van der Waals surface area contributed by atoms with Gasteiger partial charge in [-0.1, -0.05) is 0 Å². The molecule has 0 radical (unpaired) electrons. The fourth-order valence-electron chi connectivity index (χ4n) is 2.43. The molecule has 2 aromatic rings. The quantitative estimate of drug-likeness (QED) is 0.869. The fourth-order valence-corrected chi connectivity index (χ4v) is 3.19. The van der Waals surface area contributed by atoms with Crippen LogP contribution in [0.4, 0.5) is 0 Å². The van der Waals surface area contributed by atoms with Crippen LogP contribution >= 0.6 is 11.3 Å². The summed E-state index contributed by atoms with van der Waals surface area (Å²) in [6, 6.07) is 1.69. The summed E-state index contributed by atoms with van der Waals surface area (Å²) >= 11 is 1.60. The van der Waals surface area contributed by atoms with Crippen LogP contribution in [0.3, 0.4) is 0 Å². The second-order valence-corrected chi connectivity index (χ2v) is 5.84. The molecule has 0 bridgehead atoms. The Balaban J connectivity index is 1.82. The lowest BCUT2D eigenvalue weighted by Crippen LogP contribution is -2.45. The average molecular weight is 307 g/mol. The molecule has 3 rings (SSSR count). The molecule has 1 aliphatic heterocycles. The van der Waals surface area contributed by atoms with Gasteiger partial charge in [0.25, 0.3) is 0 Å². The van der Waals surface area contributed by atoms with Gasteiger partial charge in [0.1, 0.15) is 6.04 Å². The number of amides is 1. The van der Waals surface area contributed by atoms with Crippen LogP contribution < -0.4 is 0 Å². The van der Waals surface area contributed by atoms with Crippen molar-refractivity contribution >= 4 is 17.2 Å². The number of hydrogen-bond donors (Lipinski definition) is 0. The number of rotatable bonds is 3. The smallest absolute Gasteiger partial charge is 0.241 e. The van der Waals surface area contributed by atoms with E-state index in [1.807, 2.05) is 23.8 Å². The topological polar surface area (TPSA) is 68.5 Å². The van der Waals surface area contributed by atoms with E-state index in [2.05, 4.69) is 10.2 Å². The van der Waals surface area contributed by atoms with Gasteiger partial charge in [-0.2, -0.15) is 11.3 Å². The summed E-state index contributed by atoms with van der Waals surface area (Å²) in [6.45, 7) is 5.13. The summed E-state index contributed by atoms with van der Waals surface area (Å²) in [5, 5.41) is 11.9. The molecule has 112 valence electrons. The van der Waals surface area contributed by atoms with Gasteiger partial charge >= 0.3 is 0 Å². The second-order valence-electron chi connectivity index (χ2n) is 5.06. The SMILES string of the molecule is Cc1nnc([C@@H]2COCCN2C(=O)[C@H](C)c2ccsc2)o1. The zero-order valence-corrected chi connectivity index (χ0v) is 12.8. The third-order valence-corrected chi connectivity index (χ3v) is 4.35. The van der Waals surface area contributed by atoms with Crippen molar-refractivity contribution in [3.8, 4) is 0 Å². The van der Waals surface area contributed by atoms with Gasteiger partial charge in [-0.15, -0.1) is 10.2 Å². The van der Waals surface area contributed by atoms with Crippen molar-refractivity contribution in [1.29, 1.82) is 0 Å². The van der Waals surface area contributed by atoms with Gasteiger partial charge in [0.05, 0.1) is 19.1 Å². The highest BCUT2D eigenvalue weighted by Crippen LogP contribution is 2.28. The lowest BCUT2D eigenvalue weighted by molar-refractivity contribution is -0.142. The van der Waals surface area contributed by atoms with Crippen molar-refractivity contribution < 1.29 is 13.9 Å². The van der Waals surface area contributed by atoms with E-state index < -0.39 is 0 Å². The molecule has 3 heterocycles. The van der Waals surface area contributed by atoms with Crippen molar-refractivity contribution in [2.45, 2.75) is 25.8 Å². The molecular formula is C14H17N3O3S. The molecule has 7 heteroatoms. The van der Waals surface area contributed by atoms with Gasteiger partial charge in [-0.05, 0) is 29.3 Å². The lowest BCUT2D eigenvalue weighted by Gasteiger charge is -2.35. The van der Waals surface area contributed by atoms with Crippen molar-refractivity contribution in [2.24, 2.45) is 0 Å². The largest absolute Gasteiger partial charge is 0.423 e. The Hall–Kier alpha value is -1.73. The Morgan fingerprint density at radius 1 is 1.52 bits per heavy atom. The van der Waals surface area contributed by atoms with Gasteiger partial charge in [-0.25, -0.2) is 0 Å². The van der Waals surface area contributed by atoms with Crippen molar-refractivity contribution in [2.75, 3.05) is 19.8 Å². The molecule has 0 spiro atoms. The highest BCUT2D eigenvalue weighted by molar-refractivity contribution is 7.08. The zero-order valence-electron chi connectivity index (χ0n) is 12.0. The highest BCUT2D eigenvalue weighted by atomic mass is 32.1. The molecule has 6 nitrogen and oxygen atoms in total. The minimum absolute atomic E-state index is 0.0672. The van der Waals surface area contributed by atoms with Crippen LogP contribution in [0.5, 0.6) is 0 Å². The van der Waals surface area contributed by atoms with Crippen molar-refractivity contribution in [3.63, 3.8) is 0 Å².